The zero-order chi connectivity index (χ0) is 13.5. The van der Waals surface area contributed by atoms with Gasteiger partial charge >= 0.3 is 11.9 Å². The Kier molecular flexibility index (Phi) is 5.57. The van der Waals surface area contributed by atoms with Gasteiger partial charge in [-0.3, -0.25) is 9.59 Å². The number of hydrogen-bond acceptors (Lipinski definition) is 5. The van der Waals surface area contributed by atoms with Crippen molar-refractivity contribution in [2.24, 2.45) is 0 Å². The van der Waals surface area contributed by atoms with E-state index in [1.807, 2.05) is 0 Å². The van der Waals surface area contributed by atoms with Crippen molar-refractivity contribution in [3.8, 4) is 0 Å². The molecule has 0 saturated carbocycles. The van der Waals surface area contributed by atoms with Crippen LogP contribution in [0.15, 0.2) is 0 Å². The molecule has 0 aromatic carbocycles. The van der Waals surface area contributed by atoms with E-state index in [0.717, 1.165) is 19.4 Å². The van der Waals surface area contributed by atoms with Crippen molar-refractivity contribution in [1.82, 2.24) is 10.6 Å². The Bertz CT molecular complexity index is 325. The standard InChI is InChI=1S/C11H18N2O5/c1-18-9(14)6-8(11(16)17)13-10(15)7-4-2-3-5-12-7/h7-8,12H,2-6H2,1H3,(H,13,15)(H,16,17)/t7-,8-/m0/s1. The van der Waals surface area contributed by atoms with Gasteiger partial charge in [0, 0.05) is 0 Å². The summed E-state index contributed by atoms with van der Waals surface area (Å²) in [6.07, 6.45) is 2.24. The van der Waals surface area contributed by atoms with Gasteiger partial charge in [0.25, 0.3) is 0 Å². The molecule has 0 aromatic rings. The van der Waals surface area contributed by atoms with Crippen molar-refractivity contribution < 1.29 is 24.2 Å². The average Bonchev–Trinajstić information content (AvgIpc) is 2.38. The Morgan fingerprint density at radius 3 is 2.67 bits per heavy atom. The van der Waals surface area contributed by atoms with Crippen LogP contribution in [0.4, 0.5) is 0 Å². The van der Waals surface area contributed by atoms with Gasteiger partial charge in [-0.2, -0.15) is 0 Å². The first-order chi connectivity index (χ1) is 8.54. The number of carbonyl (C=O) groups excluding carboxylic acids is 2. The van der Waals surface area contributed by atoms with E-state index in [4.69, 9.17) is 5.11 Å². The van der Waals surface area contributed by atoms with E-state index >= 15 is 0 Å². The highest BCUT2D eigenvalue weighted by Crippen LogP contribution is 2.07. The Morgan fingerprint density at radius 1 is 1.44 bits per heavy atom. The fourth-order valence-corrected chi connectivity index (χ4v) is 1.80. The average molecular weight is 258 g/mol. The third kappa shape index (κ3) is 4.33. The summed E-state index contributed by atoms with van der Waals surface area (Å²) in [6.45, 7) is 0.743. The van der Waals surface area contributed by atoms with Crippen molar-refractivity contribution in [1.29, 1.82) is 0 Å². The maximum absolute atomic E-state index is 11.8. The summed E-state index contributed by atoms with van der Waals surface area (Å²) in [5.41, 5.74) is 0. The first kappa shape index (κ1) is 14.4. The molecule has 1 saturated heterocycles. The molecule has 102 valence electrons. The maximum atomic E-state index is 11.8. The van der Waals surface area contributed by atoms with Crippen LogP contribution in [-0.4, -0.2) is 48.7 Å². The predicted molar refractivity (Wildman–Crippen MR) is 61.8 cm³/mol. The summed E-state index contributed by atoms with van der Waals surface area (Å²) in [5, 5.41) is 14.3. The molecule has 0 radical (unpaired) electrons. The smallest absolute Gasteiger partial charge is 0.326 e. The molecule has 1 fully saturated rings. The van der Waals surface area contributed by atoms with Crippen molar-refractivity contribution in [3.63, 3.8) is 0 Å². The minimum Gasteiger partial charge on any atom is -0.480 e. The van der Waals surface area contributed by atoms with E-state index in [1.165, 1.54) is 7.11 Å². The number of nitrogens with one attached hydrogen (secondary N) is 2. The van der Waals surface area contributed by atoms with Crippen LogP contribution < -0.4 is 10.6 Å². The van der Waals surface area contributed by atoms with E-state index in [0.29, 0.717) is 6.42 Å². The molecule has 7 heteroatoms. The summed E-state index contributed by atoms with van der Waals surface area (Å²) in [7, 11) is 1.17. The molecule has 1 aliphatic heterocycles. The molecule has 0 aliphatic carbocycles. The number of rotatable bonds is 5. The topological polar surface area (TPSA) is 105 Å². The zero-order valence-electron chi connectivity index (χ0n) is 10.3. The number of esters is 1. The third-order valence-electron chi connectivity index (χ3n) is 2.84. The SMILES string of the molecule is COC(=O)C[C@H](NC(=O)[C@@H]1CCCCN1)C(=O)O. The molecule has 1 rings (SSSR count). The van der Waals surface area contributed by atoms with E-state index in [1.54, 1.807) is 0 Å². The van der Waals surface area contributed by atoms with Gasteiger partial charge in [-0.1, -0.05) is 6.42 Å². The van der Waals surface area contributed by atoms with Crippen LogP contribution in [0.3, 0.4) is 0 Å². The van der Waals surface area contributed by atoms with E-state index in [9.17, 15) is 14.4 Å². The van der Waals surface area contributed by atoms with Crippen LogP contribution in [0.25, 0.3) is 0 Å². The first-order valence-corrected chi connectivity index (χ1v) is 5.88. The van der Waals surface area contributed by atoms with Gasteiger partial charge in [-0.05, 0) is 19.4 Å². The number of carbonyl (C=O) groups is 3. The number of amides is 1. The second-order valence-electron chi connectivity index (χ2n) is 4.18. The second kappa shape index (κ2) is 6.95. The lowest BCUT2D eigenvalue weighted by Crippen LogP contribution is -2.52. The van der Waals surface area contributed by atoms with E-state index < -0.39 is 18.0 Å². The Balaban J connectivity index is 2.51. The molecule has 18 heavy (non-hydrogen) atoms. The highest BCUT2D eigenvalue weighted by molar-refractivity contribution is 5.89. The van der Waals surface area contributed by atoms with E-state index in [-0.39, 0.29) is 18.4 Å². The van der Waals surface area contributed by atoms with Gasteiger partial charge in [0.1, 0.15) is 6.04 Å². The van der Waals surface area contributed by atoms with Crippen molar-refractivity contribution >= 4 is 17.8 Å². The summed E-state index contributed by atoms with van der Waals surface area (Å²) < 4.78 is 4.39. The number of ether oxygens (including phenoxy) is 1. The molecule has 1 heterocycles. The van der Waals surface area contributed by atoms with Crippen LogP contribution in [-0.2, 0) is 19.1 Å². The quantitative estimate of drug-likeness (QED) is 0.561. The normalized spacial score (nSPS) is 20.8. The minimum atomic E-state index is -1.25. The summed E-state index contributed by atoms with van der Waals surface area (Å²) >= 11 is 0. The number of carboxylic acid groups (broad SMARTS) is 1. The molecule has 1 amide bonds. The van der Waals surface area contributed by atoms with Gasteiger partial charge in [0.05, 0.1) is 19.6 Å². The number of hydrogen-bond donors (Lipinski definition) is 3. The molecule has 0 bridgehead atoms. The lowest BCUT2D eigenvalue weighted by atomic mass is 10.0. The van der Waals surface area contributed by atoms with Crippen molar-refractivity contribution in [2.75, 3.05) is 13.7 Å². The Labute approximate surface area is 105 Å². The van der Waals surface area contributed by atoms with Gasteiger partial charge in [0.15, 0.2) is 0 Å². The second-order valence-corrected chi connectivity index (χ2v) is 4.18. The van der Waals surface area contributed by atoms with Crippen LogP contribution in [0.5, 0.6) is 0 Å². The highest BCUT2D eigenvalue weighted by atomic mass is 16.5. The highest BCUT2D eigenvalue weighted by Gasteiger charge is 2.28. The number of carboxylic acids is 1. The monoisotopic (exact) mass is 258 g/mol. The lowest BCUT2D eigenvalue weighted by Gasteiger charge is -2.24. The Morgan fingerprint density at radius 2 is 2.17 bits per heavy atom. The lowest BCUT2D eigenvalue weighted by molar-refractivity contribution is -0.149. The van der Waals surface area contributed by atoms with E-state index in [2.05, 4.69) is 15.4 Å². The maximum Gasteiger partial charge on any atom is 0.326 e. The summed E-state index contributed by atoms with van der Waals surface area (Å²) in [5.74, 6) is -2.30. The van der Waals surface area contributed by atoms with Crippen LogP contribution in [0.1, 0.15) is 25.7 Å². The largest absolute Gasteiger partial charge is 0.480 e. The number of aliphatic carboxylic acids is 1. The van der Waals surface area contributed by atoms with Crippen molar-refractivity contribution in [2.45, 2.75) is 37.8 Å². The molecule has 0 spiro atoms. The third-order valence-corrected chi connectivity index (χ3v) is 2.84. The first-order valence-electron chi connectivity index (χ1n) is 5.88. The minimum absolute atomic E-state index is 0.371. The zero-order valence-corrected chi connectivity index (χ0v) is 10.3. The molecular weight excluding hydrogens is 240 g/mol. The van der Waals surface area contributed by atoms with Crippen molar-refractivity contribution in [3.05, 3.63) is 0 Å². The summed E-state index contributed by atoms with van der Waals surface area (Å²) in [4.78, 5) is 33.8. The molecule has 3 N–H and O–H groups in total. The molecule has 0 unspecified atom stereocenters. The molecule has 7 nitrogen and oxygen atoms in total. The molecule has 1 aliphatic rings. The molecule has 2 atom stereocenters. The predicted octanol–water partition coefficient (Wildman–Crippen LogP) is -0.739. The van der Waals surface area contributed by atoms with Gasteiger partial charge < -0.3 is 20.5 Å². The van der Waals surface area contributed by atoms with Gasteiger partial charge in [-0.25, -0.2) is 4.79 Å². The fourth-order valence-electron chi connectivity index (χ4n) is 1.80. The van der Waals surface area contributed by atoms with Crippen LogP contribution in [0, 0.1) is 0 Å². The molecule has 0 aromatic heterocycles. The van der Waals surface area contributed by atoms with Gasteiger partial charge in [-0.15, -0.1) is 0 Å². The van der Waals surface area contributed by atoms with Crippen LogP contribution >= 0.6 is 0 Å². The molecular formula is C11H18N2O5. The summed E-state index contributed by atoms with van der Waals surface area (Å²) in [6, 6.07) is -1.62. The number of methoxy groups -OCH3 is 1. The fraction of sp³-hybridized carbons (Fsp3) is 0.727. The number of piperidine rings is 1. The Hall–Kier alpha value is -1.63. The van der Waals surface area contributed by atoms with Crippen LogP contribution in [0.2, 0.25) is 0 Å². The van der Waals surface area contributed by atoms with Gasteiger partial charge in [0.2, 0.25) is 5.91 Å².